The summed E-state index contributed by atoms with van der Waals surface area (Å²) >= 11 is 0. The van der Waals surface area contributed by atoms with Crippen molar-refractivity contribution < 1.29 is 13.9 Å². The second kappa shape index (κ2) is 8.02. The molecule has 4 rings (SSSR count). The Hall–Kier alpha value is -3.87. The van der Waals surface area contributed by atoms with E-state index in [-0.39, 0.29) is 11.6 Å². The fourth-order valence-corrected chi connectivity index (χ4v) is 3.07. The number of para-hydroxylation sites is 3. The molecule has 0 spiro atoms. The Labute approximate surface area is 167 Å². The molecule has 146 valence electrons. The van der Waals surface area contributed by atoms with E-state index in [0.29, 0.717) is 29.4 Å². The molecule has 0 bridgehead atoms. The molecular formula is C22H19FN4O2. The van der Waals surface area contributed by atoms with Crippen molar-refractivity contribution in [3.8, 4) is 17.3 Å². The lowest BCUT2D eigenvalue weighted by molar-refractivity contribution is 0.102. The van der Waals surface area contributed by atoms with Gasteiger partial charge in [-0.3, -0.25) is 4.79 Å². The Morgan fingerprint density at radius 1 is 1.07 bits per heavy atom. The van der Waals surface area contributed by atoms with Gasteiger partial charge in [-0.2, -0.15) is 5.10 Å². The summed E-state index contributed by atoms with van der Waals surface area (Å²) in [4.78, 5) is 13.1. The minimum Gasteiger partial charge on any atom is -0.492 e. The first kappa shape index (κ1) is 18.5. The van der Waals surface area contributed by atoms with E-state index in [2.05, 4.69) is 10.4 Å². The minimum atomic E-state index is -0.433. The van der Waals surface area contributed by atoms with Gasteiger partial charge in [-0.05, 0) is 43.3 Å². The summed E-state index contributed by atoms with van der Waals surface area (Å²) in [7, 11) is 0. The van der Waals surface area contributed by atoms with Crippen LogP contribution in [0.15, 0.2) is 79.3 Å². The predicted octanol–water partition coefficient (Wildman–Crippen LogP) is 4.45. The van der Waals surface area contributed by atoms with Crippen molar-refractivity contribution in [1.29, 1.82) is 0 Å². The van der Waals surface area contributed by atoms with Crippen LogP contribution in [0, 0.1) is 5.82 Å². The second-order valence-corrected chi connectivity index (χ2v) is 6.22. The first-order valence-electron chi connectivity index (χ1n) is 9.18. The van der Waals surface area contributed by atoms with Crippen molar-refractivity contribution in [2.24, 2.45) is 0 Å². The van der Waals surface area contributed by atoms with E-state index < -0.39 is 5.82 Å². The summed E-state index contributed by atoms with van der Waals surface area (Å²) in [6.07, 6.45) is 4.99. The van der Waals surface area contributed by atoms with Gasteiger partial charge in [-0.25, -0.2) is 9.07 Å². The molecule has 2 aromatic heterocycles. The summed E-state index contributed by atoms with van der Waals surface area (Å²) in [5.74, 6) is 0.208. The Balaban J connectivity index is 1.77. The molecule has 0 aliphatic heterocycles. The zero-order valence-corrected chi connectivity index (χ0v) is 15.7. The van der Waals surface area contributed by atoms with Crippen molar-refractivity contribution in [1.82, 2.24) is 14.3 Å². The van der Waals surface area contributed by atoms with E-state index in [1.165, 1.54) is 16.9 Å². The van der Waals surface area contributed by atoms with Crippen molar-refractivity contribution in [3.05, 3.63) is 90.6 Å². The smallest absolute Gasteiger partial charge is 0.261 e. The fraction of sp³-hybridized carbons (Fsp3) is 0.0909. The summed E-state index contributed by atoms with van der Waals surface area (Å²) in [5.41, 5.74) is 1.11. The van der Waals surface area contributed by atoms with Gasteiger partial charge in [0.15, 0.2) is 5.82 Å². The molecule has 29 heavy (non-hydrogen) atoms. The molecule has 4 aromatic rings. The Kier molecular flexibility index (Phi) is 5.11. The molecule has 0 aliphatic carbocycles. The number of halogens is 1. The van der Waals surface area contributed by atoms with Gasteiger partial charge in [0.2, 0.25) is 0 Å². The molecule has 0 saturated heterocycles. The number of hydrogen-bond donors (Lipinski definition) is 1. The minimum absolute atomic E-state index is 0.255. The first-order chi connectivity index (χ1) is 14.2. The summed E-state index contributed by atoms with van der Waals surface area (Å²) in [6, 6.07) is 17.1. The average Bonchev–Trinajstić information content (AvgIpc) is 3.39. The highest BCUT2D eigenvalue weighted by molar-refractivity contribution is 6.07. The lowest BCUT2D eigenvalue weighted by atomic mass is 10.2. The van der Waals surface area contributed by atoms with Crippen LogP contribution in [0.3, 0.4) is 0 Å². The molecule has 0 unspecified atom stereocenters. The van der Waals surface area contributed by atoms with Gasteiger partial charge in [0.1, 0.15) is 22.8 Å². The van der Waals surface area contributed by atoms with Crippen LogP contribution in [-0.2, 0) is 0 Å². The third-order valence-corrected chi connectivity index (χ3v) is 4.35. The van der Waals surface area contributed by atoms with Crippen LogP contribution in [0.4, 0.5) is 10.1 Å². The first-order valence-corrected chi connectivity index (χ1v) is 9.18. The molecule has 0 aliphatic rings. The number of aromatic nitrogens is 3. The van der Waals surface area contributed by atoms with Crippen LogP contribution in [-0.4, -0.2) is 26.9 Å². The molecule has 0 radical (unpaired) electrons. The summed E-state index contributed by atoms with van der Waals surface area (Å²) in [5, 5.41) is 7.16. The van der Waals surface area contributed by atoms with Crippen LogP contribution in [0.1, 0.15) is 17.3 Å². The fourth-order valence-electron chi connectivity index (χ4n) is 3.07. The van der Waals surface area contributed by atoms with Gasteiger partial charge < -0.3 is 14.6 Å². The van der Waals surface area contributed by atoms with Gasteiger partial charge >= 0.3 is 0 Å². The topological polar surface area (TPSA) is 61.1 Å². The Morgan fingerprint density at radius 3 is 2.55 bits per heavy atom. The standard InChI is InChI=1S/C22H19FN4O2/c1-2-29-20-12-6-4-10-18(20)25-21(28)16-15-24-27(19-11-5-3-9-17(19)23)22(16)26-13-7-8-14-26/h3-15H,2H2,1H3,(H,25,28). The number of hydrogen-bond acceptors (Lipinski definition) is 3. The van der Waals surface area contributed by atoms with Crippen LogP contribution in [0.2, 0.25) is 0 Å². The number of nitrogens with zero attached hydrogens (tertiary/aromatic N) is 3. The summed E-state index contributed by atoms with van der Waals surface area (Å²) < 4.78 is 23.1. The van der Waals surface area contributed by atoms with Gasteiger partial charge in [0.25, 0.3) is 5.91 Å². The monoisotopic (exact) mass is 390 g/mol. The van der Waals surface area contributed by atoms with Gasteiger partial charge in [0.05, 0.1) is 18.5 Å². The molecule has 2 heterocycles. The highest BCUT2D eigenvalue weighted by atomic mass is 19.1. The van der Waals surface area contributed by atoms with Crippen molar-refractivity contribution >= 4 is 11.6 Å². The van der Waals surface area contributed by atoms with Crippen LogP contribution in [0.5, 0.6) is 5.75 Å². The lowest BCUT2D eigenvalue weighted by Crippen LogP contribution is -2.16. The largest absolute Gasteiger partial charge is 0.492 e. The van der Waals surface area contributed by atoms with Crippen molar-refractivity contribution in [2.75, 3.05) is 11.9 Å². The quantitative estimate of drug-likeness (QED) is 0.529. The third-order valence-electron chi connectivity index (χ3n) is 4.35. The third kappa shape index (κ3) is 3.62. The van der Waals surface area contributed by atoms with Gasteiger partial charge in [0, 0.05) is 12.4 Å². The predicted molar refractivity (Wildman–Crippen MR) is 108 cm³/mol. The number of amides is 1. The van der Waals surface area contributed by atoms with E-state index >= 15 is 0 Å². The normalized spacial score (nSPS) is 10.7. The SMILES string of the molecule is CCOc1ccccc1NC(=O)c1cnn(-c2ccccc2F)c1-n1cccc1. The molecule has 0 atom stereocenters. The van der Waals surface area contributed by atoms with Crippen LogP contribution >= 0.6 is 0 Å². The molecular weight excluding hydrogens is 371 g/mol. The Bertz CT molecular complexity index is 1140. The molecule has 7 heteroatoms. The van der Waals surface area contributed by atoms with E-state index in [1.807, 2.05) is 31.2 Å². The second-order valence-electron chi connectivity index (χ2n) is 6.22. The molecule has 2 aromatic carbocycles. The van der Waals surface area contributed by atoms with Crippen molar-refractivity contribution in [3.63, 3.8) is 0 Å². The lowest BCUT2D eigenvalue weighted by Gasteiger charge is -2.13. The highest BCUT2D eigenvalue weighted by Crippen LogP contribution is 2.26. The zero-order chi connectivity index (χ0) is 20.2. The maximum Gasteiger partial charge on any atom is 0.261 e. The molecule has 6 nitrogen and oxygen atoms in total. The highest BCUT2D eigenvalue weighted by Gasteiger charge is 2.22. The maximum absolute atomic E-state index is 14.4. The van der Waals surface area contributed by atoms with E-state index in [4.69, 9.17) is 4.74 Å². The van der Waals surface area contributed by atoms with Gasteiger partial charge in [-0.15, -0.1) is 0 Å². The van der Waals surface area contributed by atoms with Crippen LogP contribution < -0.4 is 10.1 Å². The number of carbonyl (C=O) groups excluding carboxylic acids is 1. The van der Waals surface area contributed by atoms with Crippen LogP contribution in [0.25, 0.3) is 11.5 Å². The van der Waals surface area contributed by atoms with Gasteiger partial charge in [-0.1, -0.05) is 24.3 Å². The number of ether oxygens (including phenoxy) is 1. The van der Waals surface area contributed by atoms with E-state index in [1.54, 1.807) is 47.3 Å². The number of carbonyl (C=O) groups is 1. The number of benzene rings is 2. The number of nitrogens with one attached hydrogen (secondary N) is 1. The van der Waals surface area contributed by atoms with Crippen molar-refractivity contribution in [2.45, 2.75) is 6.92 Å². The molecule has 1 amide bonds. The average molecular weight is 390 g/mol. The zero-order valence-electron chi connectivity index (χ0n) is 15.7. The number of anilines is 1. The number of rotatable bonds is 6. The van der Waals surface area contributed by atoms with E-state index in [9.17, 15) is 9.18 Å². The maximum atomic E-state index is 14.4. The Morgan fingerprint density at radius 2 is 1.79 bits per heavy atom. The molecule has 1 N–H and O–H groups in total. The summed E-state index contributed by atoms with van der Waals surface area (Å²) in [6.45, 7) is 2.36. The molecule has 0 saturated carbocycles. The van der Waals surface area contributed by atoms with E-state index in [0.717, 1.165) is 0 Å². The molecule has 0 fully saturated rings.